The summed E-state index contributed by atoms with van der Waals surface area (Å²) in [5, 5.41) is 11.4. The normalized spacial score (nSPS) is 10.6. The minimum absolute atomic E-state index is 0.114. The highest BCUT2D eigenvalue weighted by Crippen LogP contribution is 2.12. The van der Waals surface area contributed by atoms with Crippen LogP contribution in [0.1, 0.15) is 41.3 Å². The van der Waals surface area contributed by atoms with Crippen LogP contribution in [0.2, 0.25) is 0 Å². The molecular weight excluding hydrogens is 242 g/mol. The van der Waals surface area contributed by atoms with E-state index in [9.17, 15) is 9.59 Å². The average molecular weight is 261 g/mol. The van der Waals surface area contributed by atoms with Gasteiger partial charge in [0, 0.05) is 18.2 Å². The summed E-state index contributed by atoms with van der Waals surface area (Å²) in [4.78, 5) is 22.4. The molecule has 4 nitrogen and oxygen atoms in total. The number of carboxylic acids is 1. The standard InChI is InChI=1S/C15H19NO3/c1-3-4-9-16-15(19)13-10-12(6-5-11(13)2)7-8-14(17)18/h5-8,10H,3-4,9H2,1-2H3,(H,16,19)(H,17,18). The number of unbranched alkanes of at least 4 members (excludes halogenated alkanes) is 1. The Balaban J connectivity index is 2.84. The average Bonchev–Trinajstić information content (AvgIpc) is 2.37. The molecule has 0 unspecified atom stereocenters. The van der Waals surface area contributed by atoms with Gasteiger partial charge in [-0.2, -0.15) is 0 Å². The molecule has 4 heteroatoms. The van der Waals surface area contributed by atoms with Crippen LogP contribution in [-0.2, 0) is 4.79 Å². The van der Waals surface area contributed by atoms with Crippen molar-refractivity contribution in [3.63, 3.8) is 0 Å². The third-order valence-electron chi connectivity index (χ3n) is 2.74. The molecule has 0 aliphatic rings. The zero-order valence-corrected chi connectivity index (χ0v) is 11.3. The Morgan fingerprint density at radius 2 is 2.11 bits per heavy atom. The van der Waals surface area contributed by atoms with E-state index < -0.39 is 5.97 Å². The summed E-state index contributed by atoms with van der Waals surface area (Å²) >= 11 is 0. The van der Waals surface area contributed by atoms with E-state index >= 15 is 0 Å². The lowest BCUT2D eigenvalue weighted by Crippen LogP contribution is -2.25. The first-order valence-electron chi connectivity index (χ1n) is 6.34. The van der Waals surface area contributed by atoms with Crippen LogP contribution in [0.5, 0.6) is 0 Å². The van der Waals surface area contributed by atoms with Crippen molar-refractivity contribution in [3.8, 4) is 0 Å². The van der Waals surface area contributed by atoms with Gasteiger partial charge in [-0.15, -0.1) is 0 Å². The Hall–Kier alpha value is -2.10. The van der Waals surface area contributed by atoms with Crippen LogP contribution in [0.25, 0.3) is 6.08 Å². The molecule has 1 rings (SSSR count). The van der Waals surface area contributed by atoms with Crippen molar-refractivity contribution in [2.45, 2.75) is 26.7 Å². The van der Waals surface area contributed by atoms with E-state index in [1.165, 1.54) is 6.08 Å². The summed E-state index contributed by atoms with van der Waals surface area (Å²) in [6.45, 7) is 4.58. The number of hydrogen-bond donors (Lipinski definition) is 2. The van der Waals surface area contributed by atoms with Crippen molar-refractivity contribution < 1.29 is 14.7 Å². The van der Waals surface area contributed by atoms with Gasteiger partial charge in [0.25, 0.3) is 5.91 Å². The van der Waals surface area contributed by atoms with Gasteiger partial charge in [0.15, 0.2) is 0 Å². The third-order valence-corrected chi connectivity index (χ3v) is 2.74. The summed E-state index contributed by atoms with van der Waals surface area (Å²) in [5.74, 6) is -1.12. The zero-order valence-electron chi connectivity index (χ0n) is 11.3. The molecule has 0 heterocycles. The number of rotatable bonds is 6. The van der Waals surface area contributed by atoms with E-state index in [2.05, 4.69) is 12.2 Å². The molecule has 1 aromatic rings. The fourth-order valence-corrected chi connectivity index (χ4v) is 1.63. The monoisotopic (exact) mass is 261 g/mol. The van der Waals surface area contributed by atoms with Crippen molar-refractivity contribution in [1.82, 2.24) is 5.32 Å². The van der Waals surface area contributed by atoms with Crippen molar-refractivity contribution in [3.05, 3.63) is 41.0 Å². The number of carbonyl (C=O) groups is 2. The van der Waals surface area contributed by atoms with E-state index in [1.807, 2.05) is 13.0 Å². The summed E-state index contributed by atoms with van der Waals surface area (Å²) < 4.78 is 0. The molecule has 102 valence electrons. The fourth-order valence-electron chi connectivity index (χ4n) is 1.63. The number of benzene rings is 1. The van der Waals surface area contributed by atoms with E-state index in [0.29, 0.717) is 17.7 Å². The first-order chi connectivity index (χ1) is 9.04. The lowest BCUT2D eigenvalue weighted by molar-refractivity contribution is -0.131. The molecule has 19 heavy (non-hydrogen) atoms. The van der Waals surface area contributed by atoms with Gasteiger partial charge in [-0.1, -0.05) is 25.5 Å². The van der Waals surface area contributed by atoms with Gasteiger partial charge in [0.05, 0.1) is 0 Å². The van der Waals surface area contributed by atoms with E-state index in [4.69, 9.17) is 5.11 Å². The molecular formula is C15H19NO3. The molecule has 0 fully saturated rings. The first-order valence-corrected chi connectivity index (χ1v) is 6.34. The highest BCUT2D eigenvalue weighted by molar-refractivity contribution is 5.96. The summed E-state index contributed by atoms with van der Waals surface area (Å²) in [5.41, 5.74) is 2.17. The van der Waals surface area contributed by atoms with Crippen molar-refractivity contribution >= 4 is 18.0 Å². The van der Waals surface area contributed by atoms with Gasteiger partial charge in [-0.25, -0.2) is 4.79 Å². The van der Waals surface area contributed by atoms with Crippen LogP contribution < -0.4 is 5.32 Å². The molecule has 1 aromatic carbocycles. The molecule has 2 N–H and O–H groups in total. The van der Waals surface area contributed by atoms with Crippen LogP contribution in [0.15, 0.2) is 24.3 Å². The zero-order chi connectivity index (χ0) is 14.3. The Morgan fingerprint density at radius 3 is 2.74 bits per heavy atom. The number of nitrogens with one attached hydrogen (secondary N) is 1. The van der Waals surface area contributed by atoms with Crippen LogP contribution >= 0.6 is 0 Å². The number of carboxylic acid groups (broad SMARTS) is 1. The topological polar surface area (TPSA) is 66.4 Å². The third kappa shape index (κ3) is 4.95. The smallest absolute Gasteiger partial charge is 0.328 e. The summed E-state index contributed by atoms with van der Waals surface area (Å²) in [6.07, 6.45) is 4.51. The quantitative estimate of drug-likeness (QED) is 0.611. The molecule has 0 aliphatic heterocycles. The number of carbonyl (C=O) groups excluding carboxylic acids is 1. The van der Waals surface area contributed by atoms with Crippen LogP contribution in [0, 0.1) is 6.92 Å². The minimum Gasteiger partial charge on any atom is -0.478 e. The molecule has 0 spiro atoms. The highest BCUT2D eigenvalue weighted by Gasteiger charge is 2.08. The largest absolute Gasteiger partial charge is 0.478 e. The molecule has 0 saturated carbocycles. The second-order valence-corrected chi connectivity index (χ2v) is 4.36. The second kappa shape index (κ2) is 7.36. The maximum Gasteiger partial charge on any atom is 0.328 e. The molecule has 0 aliphatic carbocycles. The molecule has 0 radical (unpaired) electrons. The Labute approximate surface area is 113 Å². The van der Waals surface area contributed by atoms with Gasteiger partial charge in [-0.3, -0.25) is 4.79 Å². The Kier molecular flexibility index (Phi) is 5.79. The Morgan fingerprint density at radius 1 is 1.37 bits per heavy atom. The van der Waals surface area contributed by atoms with Crippen LogP contribution in [0.4, 0.5) is 0 Å². The molecule has 0 saturated heterocycles. The van der Waals surface area contributed by atoms with Gasteiger partial charge >= 0.3 is 5.97 Å². The maximum atomic E-state index is 12.0. The highest BCUT2D eigenvalue weighted by atomic mass is 16.4. The lowest BCUT2D eigenvalue weighted by Gasteiger charge is -2.08. The molecule has 0 atom stereocenters. The molecule has 0 aromatic heterocycles. The van der Waals surface area contributed by atoms with Crippen molar-refractivity contribution in [1.29, 1.82) is 0 Å². The van der Waals surface area contributed by atoms with Gasteiger partial charge in [0.1, 0.15) is 0 Å². The summed E-state index contributed by atoms with van der Waals surface area (Å²) in [7, 11) is 0. The first kappa shape index (κ1) is 15.0. The SMILES string of the molecule is CCCCNC(=O)c1cc(C=CC(=O)O)ccc1C. The van der Waals surface area contributed by atoms with Crippen molar-refractivity contribution in [2.24, 2.45) is 0 Å². The van der Waals surface area contributed by atoms with E-state index in [0.717, 1.165) is 24.5 Å². The van der Waals surface area contributed by atoms with Gasteiger partial charge in [0.2, 0.25) is 0 Å². The van der Waals surface area contributed by atoms with Crippen LogP contribution in [0.3, 0.4) is 0 Å². The number of hydrogen-bond acceptors (Lipinski definition) is 2. The minimum atomic E-state index is -1.01. The maximum absolute atomic E-state index is 12.0. The van der Waals surface area contributed by atoms with Gasteiger partial charge in [-0.05, 0) is 36.6 Å². The molecule has 1 amide bonds. The van der Waals surface area contributed by atoms with E-state index in [1.54, 1.807) is 12.1 Å². The second-order valence-electron chi connectivity index (χ2n) is 4.36. The van der Waals surface area contributed by atoms with Crippen molar-refractivity contribution in [2.75, 3.05) is 6.54 Å². The lowest BCUT2D eigenvalue weighted by atomic mass is 10.0. The van der Waals surface area contributed by atoms with Crippen LogP contribution in [-0.4, -0.2) is 23.5 Å². The predicted molar refractivity (Wildman–Crippen MR) is 75.1 cm³/mol. The Bertz CT molecular complexity index is 492. The number of aliphatic carboxylic acids is 1. The number of amides is 1. The number of aryl methyl sites for hydroxylation is 1. The molecule has 0 bridgehead atoms. The predicted octanol–water partition coefficient (Wildman–Crippen LogP) is 2.62. The fraction of sp³-hybridized carbons (Fsp3) is 0.333. The summed E-state index contributed by atoms with van der Waals surface area (Å²) in [6, 6.07) is 5.31. The van der Waals surface area contributed by atoms with Gasteiger partial charge < -0.3 is 10.4 Å². The van der Waals surface area contributed by atoms with E-state index in [-0.39, 0.29) is 5.91 Å².